The maximum atomic E-state index is 12.3. The maximum absolute atomic E-state index is 12.3. The standard InChI is InChI=1S/C23H26N6O/c1-17(18-8-3-2-4-9-18)25-21-12-13-24-22(28-21)26-19-10-7-11-20(16-19)27-23(30)29-14-5-6-15-29/h2-4,7-13,16-17H,5-6,14-15H2,1H3,(H,27,30)(H2,24,25,26,28). The lowest BCUT2D eigenvalue weighted by Crippen LogP contribution is -2.32. The Bertz CT molecular complexity index is 988. The number of aromatic nitrogens is 2. The molecule has 0 radical (unpaired) electrons. The van der Waals surface area contributed by atoms with Crippen LogP contribution in [0.25, 0.3) is 0 Å². The summed E-state index contributed by atoms with van der Waals surface area (Å²) in [5.41, 5.74) is 2.73. The summed E-state index contributed by atoms with van der Waals surface area (Å²) in [6.45, 7) is 3.73. The van der Waals surface area contributed by atoms with Crippen molar-refractivity contribution in [2.75, 3.05) is 29.0 Å². The van der Waals surface area contributed by atoms with E-state index in [4.69, 9.17) is 0 Å². The highest BCUT2D eigenvalue weighted by molar-refractivity contribution is 5.90. The Labute approximate surface area is 176 Å². The third-order valence-corrected chi connectivity index (χ3v) is 5.08. The van der Waals surface area contributed by atoms with Gasteiger partial charge in [0.05, 0.1) is 0 Å². The van der Waals surface area contributed by atoms with Crippen molar-refractivity contribution in [2.24, 2.45) is 0 Å². The Morgan fingerprint density at radius 2 is 1.77 bits per heavy atom. The van der Waals surface area contributed by atoms with Crippen molar-refractivity contribution in [1.29, 1.82) is 0 Å². The summed E-state index contributed by atoms with van der Waals surface area (Å²) in [7, 11) is 0. The number of likely N-dealkylation sites (tertiary alicyclic amines) is 1. The molecule has 3 aromatic rings. The molecular weight excluding hydrogens is 376 g/mol. The van der Waals surface area contributed by atoms with E-state index in [0.717, 1.165) is 43.1 Å². The van der Waals surface area contributed by atoms with Crippen LogP contribution in [0, 0.1) is 0 Å². The molecule has 1 atom stereocenters. The molecule has 1 aliphatic rings. The molecule has 7 nitrogen and oxygen atoms in total. The molecule has 4 rings (SSSR count). The second-order valence-corrected chi connectivity index (χ2v) is 7.37. The van der Waals surface area contributed by atoms with E-state index >= 15 is 0 Å². The van der Waals surface area contributed by atoms with Gasteiger partial charge < -0.3 is 20.9 Å². The van der Waals surface area contributed by atoms with Gasteiger partial charge in [-0.15, -0.1) is 0 Å². The van der Waals surface area contributed by atoms with Gasteiger partial charge in [0, 0.05) is 36.7 Å². The molecule has 0 aliphatic carbocycles. The van der Waals surface area contributed by atoms with E-state index in [1.165, 1.54) is 5.56 Å². The molecule has 154 valence electrons. The topological polar surface area (TPSA) is 82.2 Å². The van der Waals surface area contributed by atoms with Gasteiger partial charge in [0.25, 0.3) is 0 Å². The minimum Gasteiger partial charge on any atom is -0.363 e. The molecule has 2 aromatic carbocycles. The van der Waals surface area contributed by atoms with Gasteiger partial charge in [-0.25, -0.2) is 9.78 Å². The summed E-state index contributed by atoms with van der Waals surface area (Å²) in [6, 6.07) is 19.7. The normalized spacial score (nSPS) is 14.2. The Balaban J connectivity index is 1.40. The second kappa shape index (κ2) is 9.26. The number of hydrogen-bond donors (Lipinski definition) is 3. The average Bonchev–Trinajstić information content (AvgIpc) is 3.30. The summed E-state index contributed by atoms with van der Waals surface area (Å²) in [4.78, 5) is 23.0. The summed E-state index contributed by atoms with van der Waals surface area (Å²) in [5.74, 6) is 1.23. The van der Waals surface area contributed by atoms with E-state index in [9.17, 15) is 4.79 Å². The highest BCUT2D eigenvalue weighted by Crippen LogP contribution is 2.21. The number of nitrogens with one attached hydrogen (secondary N) is 3. The summed E-state index contributed by atoms with van der Waals surface area (Å²) < 4.78 is 0. The minimum absolute atomic E-state index is 0.0537. The lowest BCUT2D eigenvalue weighted by atomic mass is 10.1. The van der Waals surface area contributed by atoms with E-state index in [-0.39, 0.29) is 12.1 Å². The zero-order valence-corrected chi connectivity index (χ0v) is 17.0. The van der Waals surface area contributed by atoms with Gasteiger partial charge in [0.2, 0.25) is 5.95 Å². The number of hydrogen-bond acceptors (Lipinski definition) is 5. The highest BCUT2D eigenvalue weighted by atomic mass is 16.2. The van der Waals surface area contributed by atoms with Crippen molar-refractivity contribution < 1.29 is 4.79 Å². The predicted octanol–water partition coefficient (Wildman–Crippen LogP) is 5.02. The Morgan fingerprint density at radius 1 is 1.00 bits per heavy atom. The first kappa shape index (κ1) is 19.7. The molecule has 1 aromatic heterocycles. The fraction of sp³-hybridized carbons (Fsp3) is 0.261. The minimum atomic E-state index is -0.0537. The SMILES string of the molecule is CC(Nc1ccnc(Nc2cccc(NC(=O)N3CCCC3)c2)n1)c1ccccc1. The van der Waals surface area contributed by atoms with Crippen LogP contribution in [-0.2, 0) is 0 Å². The largest absolute Gasteiger partial charge is 0.363 e. The van der Waals surface area contributed by atoms with Gasteiger partial charge in [-0.3, -0.25) is 0 Å². The van der Waals surface area contributed by atoms with Gasteiger partial charge in [0.15, 0.2) is 0 Å². The average molecular weight is 403 g/mol. The number of amides is 2. The van der Waals surface area contributed by atoms with Crippen LogP contribution in [-0.4, -0.2) is 34.0 Å². The molecule has 3 N–H and O–H groups in total. The first-order valence-corrected chi connectivity index (χ1v) is 10.2. The number of carbonyl (C=O) groups is 1. The molecule has 1 aliphatic heterocycles. The zero-order valence-electron chi connectivity index (χ0n) is 17.0. The van der Waals surface area contributed by atoms with Crippen LogP contribution in [0.4, 0.5) is 27.9 Å². The third-order valence-electron chi connectivity index (χ3n) is 5.08. The fourth-order valence-electron chi connectivity index (χ4n) is 3.47. The van der Waals surface area contributed by atoms with E-state index in [2.05, 4.69) is 45.0 Å². The van der Waals surface area contributed by atoms with Crippen LogP contribution in [0.3, 0.4) is 0 Å². The number of nitrogens with zero attached hydrogens (tertiary/aromatic N) is 3. The van der Waals surface area contributed by atoms with Crippen molar-refractivity contribution in [3.05, 3.63) is 72.4 Å². The smallest absolute Gasteiger partial charge is 0.321 e. The lowest BCUT2D eigenvalue weighted by Gasteiger charge is -2.17. The van der Waals surface area contributed by atoms with Gasteiger partial charge >= 0.3 is 6.03 Å². The molecule has 1 saturated heterocycles. The number of rotatable bonds is 6. The number of carbonyl (C=O) groups excluding carboxylic acids is 1. The second-order valence-electron chi connectivity index (χ2n) is 7.37. The molecule has 0 saturated carbocycles. The molecule has 1 fully saturated rings. The summed E-state index contributed by atoms with van der Waals surface area (Å²) in [6.07, 6.45) is 3.85. The first-order valence-electron chi connectivity index (χ1n) is 10.2. The van der Waals surface area contributed by atoms with Gasteiger partial charge in [-0.1, -0.05) is 36.4 Å². The lowest BCUT2D eigenvalue weighted by molar-refractivity contribution is 0.222. The van der Waals surface area contributed by atoms with Gasteiger partial charge in [0.1, 0.15) is 5.82 Å². The number of anilines is 4. The first-order chi connectivity index (χ1) is 14.7. The van der Waals surface area contributed by atoms with Crippen LogP contribution < -0.4 is 16.0 Å². The predicted molar refractivity (Wildman–Crippen MR) is 120 cm³/mol. The van der Waals surface area contributed by atoms with Crippen LogP contribution in [0.2, 0.25) is 0 Å². The fourth-order valence-corrected chi connectivity index (χ4v) is 3.47. The van der Waals surface area contributed by atoms with Crippen LogP contribution in [0.5, 0.6) is 0 Å². The van der Waals surface area contributed by atoms with E-state index < -0.39 is 0 Å². The Morgan fingerprint density at radius 3 is 2.57 bits per heavy atom. The van der Waals surface area contributed by atoms with Crippen LogP contribution in [0.1, 0.15) is 31.4 Å². The molecule has 7 heteroatoms. The number of urea groups is 1. The molecule has 30 heavy (non-hydrogen) atoms. The maximum Gasteiger partial charge on any atom is 0.321 e. The number of benzene rings is 2. The van der Waals surface area contributed by atoms with E-state index in [1.807, 2.05) is 53.4 Å². The molecule has 2 amide bonds. The molecule has 2 heterocycles. The van der Waals surface area contributed by atoms with Crippen LogP contribution >= 0.6 is 0 Å². The van der Waals surface area contributed by atoms with Crippen molar-refractivity contribution >= 4 is 29.2 Å². The van der Waals surface area contributed by atoms with Crippen molar-refractivity contribution in [3.63, 3.8) is 0 Å². The Kier molecular flexibility index (Phi) is 6.08. The van der Waals surface area contributed by atoms with Crippen molar-refractivity contribution in [1.82, 2.24) is 14.9 Å². The highest BCUT2D eigenvalue weighted by Gasteiger charge is 2.17. The van der Waals surface area contributed by atoms with Crippen LogP contribution in [0.15, 0.2) is 66.9 Å². The third kappa shape index (κ3) is 5.05. The Hall–Kier alpha value is -3.61. The molecule has 1 unspecified atom stereocenters. The monoisotopic (exact) mass is 402 g/mol. The quantitative estimate of drug-likeness (QED) is 0.539. The van der Waals surface area contributed by atoms with Crippen molar-refractivity contribution in [3.8, 4) is 0 Å². The van der Waals surface area contributed by atoms with Crippen molar-refractivity contribution in [2.45, 2.75) is 25.8 Å². The molecule has 0 spiro atoms. The van der Waals surface area contributed by atoms with E-state index in [1.54, 1.807) is 6.20 Å². The van der Waals surface area contributed by atoms with Gasteiger partial charge in [-0.05, 0) is 49.6 Å². The van der Waals surface area contributed by atoms with Gasteiger partial charge in [-0.2, -0.15) is 4.98 Å². The van der Waals surface area contributed by atoms with E-state index in [0.29, 0.717) is 5.95 Å². The summed E-state index contributed by atoms with van der Waals surface area (Å²) in [5, 5.41) is 9.57. The zero-order chi connectivity index (χ0) is 20.8. The molecular formula is C23H26N6O. The molecule has 0 bridgehead atoms. The summed E-state index contributed by atoms with van der Waals surface area (Å²) >= 11 is 0.